The van der Waals surface area contributed by atoms with Gasteiger partial charge in [-0.25, -0.2) is 0 Å². The summed E-state index contributed by atoms with van der Waals surface area (Å²) in [7, 11) is 1.42. The predicted octanol–water partition coefficient (Wildman–Crippen LogP) is 2.42. The van der Waals surface area contributed by atoms with E-state index < -0.39 is 29.3 Å². The number of carbonyl (C=O) groups is 2. The maximum absolute atomic E-state index is 13.4. The summed E-state index contributed by atoms with van der Waals surface area (Å²) in [6.45, 7) is 0.0990. The number of ether oxygens (including phenoxy) is 1. The summed E-state index contributed by atoms with van der Waals surface area (Å²) in [5.41, 5.74) is -1.41. The Balaban J connectivity index is 1.79. The van der Waals surface area contributed by atoms with E-state index in [2.05, 4.69) is 5.32 Å². The zero-order valence-electron chi connectivity index (χ0n) is 17.2. The molecule has 1 aliphatic heterocycles. The number of hydrogen-bond donors (Lipinski definition) is 1. The molecule has 10 heteroatoms. The highest BCUT2D eigenvalue weighted by atomic mass is 19.4. The number of likely N-dealkylation sites (N-methyl/N-ethyl adjacent to an activating group) is 1. The van der Waals surface area contributed by atoms with Gasteiger partial charge in [0.25, 0.3) is 5.91 Å². The Bertz CT molecular complexity index is 1020. The first-order valence-electron chi connectivity index (χ1n) is 9.79. The topological polar surface area (TPSA) is 85.7 Å². The van der Waals surface area contributed by atoms with E-state index in [1.54, 1.807) is 30.3 Å². The van der Waals surface area contributed by atoms with Crippen LogP contribution in [-0.2, 0) is 15.8 Å². The molecule has 1 fully saturated rings. The first kappa shape index (κ1) is 22.9. The largest absolute Gasteiger partial charge is 0.484 e. The summed E-state index contributed by atoms with van der Waals surface area (Å²) >= 11 is 0. The zero-order chi connectivity index (χ0) is 23.3. The van der Waals surface area contributed by atoms with Crippen molar-refractivity contribution in [3.63, 3.8) is 0 Å². The molecule has 168 valence electrons. The molecule has 0 aliphatic carbocycles. The Hall–Kier alpha value is -3.74. The second-order valence-corrected chi connectivity index (χ2v) is 7.10. The number of nitrogens with zero attached hydrogens (tertiary/aromatic N) is 3. The molecule has 0 saturated carbocycles. The Morgan fingerprint density at radius 2 is 1.91 bits per heavy atom. The third-order valence-corrected chi connectivity index (χ3v) is 5.15. The molecule has 0 bridgehead atoms. The molecule has 1 heterocycles. The summed E-state index contributed by atoms with van der Waals surface area (Å²) in [4.78, 5) is 28.1. The lowest BCUT2D eigenvalue weighted by Gasteiger charge is -2.41. The summed E-state index contributed by atoms with van der Waals surface area (Å²) in [5.74, 6) is -0.248. The van der Waals surface area contributed by atoms with Gasteiger partial charge >= 0.3 is 6.18 Å². The molecule has 1 aliphatic rings. The fourth-order valence-electron chi connectivity index (χ4n) is 3.51. The summed E-state index contributed by atoms with van der Waals surface area (Å²) < 4.78 is 45.6. The van der Waals surface area contributed by atoms with E-state index in [-0.39, 0.29) is 37.8 Å². The molecule has 1 saturated heterocycles. The molecule has 1 unspecified atom stereocenters. The molecule has 7 nitrogen and oxygen atoms in total. The van der Waals surface area contributed by atoms with Crippen molar-refractivity contribution in [3.05, 3.63) is 59.7 Å². The van der Waals surface area contributed by atoms with Crippen LogP contribution in [0.4, 0.5) is 18.9 Å². The fraction of sp³-hybridized carbons (Fsp3) is 0.318. The number of para-hydroxylation sites is 1. The number of anilines is 1. The fourth-order valence-corrected chi connectivity index (χ4v) is 3.51. The van der Waals surface area contributed by atoms with Gasteiger partial charge in [-0.2, -0.15) is 18.4 Å². The number of nitriles is 1. The van der Waals surface area contributed by atoms with Crippen molar-refractivity contribution in [1.29, 1.82) is 5.26 Å². The highest BCUT2D eigenvalue weighted by Gasteiger charge is 2.37. The molecule has 0 spiro atoms. The van der Waals surface area contributed by atoms with Gasteiger partial charge in [-0.15, -0.1) is 0 Å². The van der Waals surface area contributed by atoms with E-state index in [1.165, 1.54) is 22.9 Å². The van der Waals surface area contributed by atoms with Crippen LogP contribution in [-0.4, -0.2) is 56.0 Å². The maximum Gasteiger partial charge on any atom is 0.417 e. The lowest BCUT2D eigenvalue weighted by molar-refractivity contribution is -0.137. The molecular weight excluding hydrogens is 425 g/mol. The highest BCUT2D eigenvalue weighted by Crippen LogP contribution is 2.35. The van der Waals surface area contributed by atoms with Gasteiger partial charge in [0.2, 0.25) is 5.91 Å². The third kappa shape index (κ3) is 5.11. The molecule has 0 radical (unpaired) electrons. The van der Waals surface area contributed by atoms with Crippen LogP contribution in [0.15, 0.2) is 48.5 Å². The van der Waals surface area contributed by atoms with Crippen LogP contribution in [0, 0.1) is 11.3 Å². The van der Waals surface area contributed by atoms with Crippen LogP contribution in [0.1, 0.15) is 11.1 Å². The van der Waals surface area contributed by atoms with Crippen LogP contribution in [0.2, 0.25) is 0 Å². The summed E-state index contributed by atoms with van der Waals surface area (Å²) in [6, 6.07) is 12.7. The monoisotopic (exact) mass is 446 g/mol. The normalized spacial score (nSPS) is 16.3. The van der Waals surface area contributed by atoms with E-state index in [9.17, 15) is 22.8 Å². The van der Waals surface area contributed by atoms with Gasteiger partial charge in [0, 0.05) is 25.8 Å². The lowest BCUT2D eigenvalue weighted by Crippen LogP contribution is -2.60. The third-order valence-electron chi connectivity index (χ3n) is 5.15. The SMILES string of the molecule is CNC(=O)C1CN(C(=O)COc2ccccc2)CCN1c1ccc(C#N)c(C(F)(F)F)c1. The van der Waals surface area contributed by atoms with E-state index in [1.807, 2.05) is 6.07 Å². The number of hydrogen-bond acceptors (Lipinski definition) is 5. The highest BCUT2D eigenvalue weighted by molar-refractivity contribution is 5.87. The first-order chi connectivity index (χ1) is 15.2. The Labute approximate surface area is 183 Å². The van der Waals surface area contributed by atoms with Crippen LogP contribution >= 0.6 is 0 Å². The minimum absolute atomic E-state index is 0.0159. The minimum atomic E-state index is -4.71. The second kappa shape index (κ2) is 9.60. The van der Waals surface area contributed by atoms with Crippen molar-refractivity contribution in [2.75, 3.05) is 38.2 Å². The van der Waals surface area contributed by atoms with Gasteiger partial charge in [0.05, 0.1) is 23.7 Å². The summed E-state index contributed by atoms with van der Waals surface area (Å²) in [5, 5.41) is 11.5. The van der Waals surface area contributed by atoms with Crippen molar-refractivity contribution in [1.82, 2.24) is 10.2 Å². The average molecular weight is 446 g/mol. The van der Waals surface area contributed by atoms with E-state index in [4.69, 9.17) is 10.00 Å². The Morgan fingerprint density at radius 1 is 1.19 bits per heavy atom. The van der Waals surface area contributed by atoms with E-state index >= 15 is 0 Å². The molecule has 1 N–H and O–H groups in total. The van der Waals surface area contributed by atoms with Crippen LogP contribution in [0.3, 0.4) is 0 Å². The molecule has 0 aromatic heterocycles. The quantitative estimate of drug-likeness (QED) is 0.763. The molecule has 32 heavy (non-hydrogen) atoms. The summed E-state index contributed by atoms with van der Waals surface area (Å²) in [6.07, 6.45) is -4.71. The molecular formula is C22H21F3N4O3. The van der Waals surface area contributed by atoms with Crippen molar-refractivity contribution < 1.29 is 27.5 Å². The number of amides is 2. The van der Waals surface area contributed by atoms with Gasteiger partial charge in [0.1, 0.15) is 11.8 Å². The van der Waals surface area contributed by atoms with Gasteiger partial charge < -0.3 is 19.9 Å². The Kier molecular flexibility index (Phi) is 6.88. The minimum Gasteiger partial charge on any atom is -0.484 e. The van der Waals surface area contributed by atoms with E-state index in [0.29, 0.717) is 5.75 Å². The number of carbonyl (C=O) groups excluding carboxylic acids is 2. The van der Waals surface area contributed by atoms with Crippen LogP contribution < -0.4 is 15.0 Å². The van der Waals surface area contributed by atoms with Crippen LogP contribution in [0.25, 0.3) is 0 Å². The van der Waals surface area contributed by atoms with Gasteiger partial charge in [-0.05, 0) is 30.3 Å². The van der Waals surface area contributed by atoms with Crippen LogP contribution in [0.5, 0.6) is 5.75 Å². The molecule has 1 atom stereocenters. The average Bonchev–Trinajstić information content (AvgIpc) is 2.81. The molecule has 2 aromatic rings. The molecule has 2 aromatic carbocycles. The zero-order valence-corrected chi connectivity index (χ0v) is 17.2. The standard InChI is InChI=1S/C22H21F3N4O3/c1-27-21(31)19-13-28(20(30)14-32-17-5-3-2-4-6-17)9-10-29(19)16-8-7-15(12-26)18(11-16)22(23,24)25/h2-8,11,19H,9-10,13-14H2,1H3,(H,27,31). The lowest BCUT2D eigenvalue weighted by atomic mass is 10.0. The first-order valence-corrected chi connectivity index (χ1v) is 9.79. The van der Waals surface area contributed by atoms with Gasteiger partial charge in [0.15, 0.2) is 6.61 Å². The molecule has 3 rings (SSSR count). The number of benzene rings is 2. The number of alkyl halides is 3. The van der Waals surface area contributed by atoms with Gasteiger partial charge in [-0.3, -0.25) is 9.59 Å². The van der Waals surface area contributed by atoms with Crippen molar-refractivity contribution in [2.24, 2.45) is 0 Å². The van der Waals surface area contributed by atoms with E-state index in [0.717, 1.165) is 12.1 Å². The smallest absolute Gasteiger partial charge is 0.417 e. The number of nitrogens with one attached hydrogen (secondary N) is 1. The Morgan fingerprint density at radius 3 is 2.53 bits per heavy atom. The van der Waals surface area contributed by atoms with Crippen molar-refractivity contribution in [2.45, 2.75) is 12.2 Å². The number of piperazine rings is 1. The predicted molar refractivity (Wildman–Crippen MR) is 110 cm³/mol. The van der Waals surface area contributed by atoms with Gasteiger partial charge in [-0.1, -0.05) is 18.2 Å². The van der Waals surface area contributed by atoms with Crippen molar-refractivity contribution in [3.8, 4) is 11.8 Å². The number of rotatable bonds is 5. The molecule has 2 amide bonds. The number of halogens is 3. The maximum atomic E-state index is 13.4. The van der Waals surface area contributed by atoms with Crippen molar-refractivity contribution >= 4 is 17.5 Å². The second-order valence-electron chi connectivity index (χ2n) is 7.10.